The van der Waals surface area contributed by atoms with Crippen LogP contribution in [0.1, 0.15) is 10.4 Å². The number of sulfone groups is 1. The summed E-state index contributed by atoms with van der Waals surface area (Å²) in [6.07, 6.45) is 0.998. The van der Waals surface area contributed by atoms with Gasteiger partial charge in [-0.3, -0.25) is 4.79 Å². The van der Waals surface area contributed by atoms with Crippen molar-refractivity contribution in [1.82, 2.24) is 4.72 Å². The Morgan fingerprint density at radius 2 is 1.66 bits per heavy atom. The van der Waals surface area contributed by atoms with Gasteiger partial charge in [-0.25, -0.2) is 30.3 Å². The van der Waals surface area contributed by atoms with Crippen LogP contribution in [0.25, 0.3) is 0 Å². The van der Waals surface area contributed by atoms with E-state index >= 15 is 0 Å². The van der Waals surface area contributed by atoms with Crippen molar-refractivity contribution in [2.75, 3.05) is 5.75 Å². The molecule has 6 nitrogen and oxygen atoms in total. The molecule has 2 aromatic rings. The SMILES string of the molecule is [B]c1cc(F)c(C(=O)NS(=O)(=O)C2=CC(S(=O)(=O)c3ccccc3)CS2)c(F)c1. The van der Waals surface area contributed by atoms with E-state index in [-0.39, 0.29) is 16.1 Å². The van der Waals surface area contributed by atoms with Crippen LogP contribution in [0.3, 0.4) is 0 Å². The first-order valence-corrected chi connectivity index (χ1v) is 12.0. The van der Waals surface area contributed by atoms with E-state index in [1.165, 1.54) is 24.3 Å². The third kappa shape index (κ3) is 4.38. The zero-order chi connectivity index (χ0) is 21.4. The smallest absolute Gasteiger partial charge is 0.268 e. The van der Waals surface area contributed by atoms with E-state index in [1.54, 1.807) is 10.8 Å². The number of carbonyl (C=O) groups is 1. The number of hydrogen-bond acceptors (Lipinski definition) is 6. The lowest BCUT2D eigenvalue weighted by molar-refractivity contribution is 0.0973. The van der Waals surface area contributed by atoms with Gasteiger partial charge in [0.05, 0.1) is 10.1 Å². The Balaban J connectivity index is 1.86. The molecule has 29 heavy (non-hydrogen) atoms. The van der Waals surface area contributed by atoms with Gasteiger partial charge in [0.25, 0.3) is 15.9 Å². The van der Waals surface area contributed by atoms with Gasteiger partial charge >= 0.3 is 0 Å². The van der Waals surface area contributed by atoms with E-state index in [0.29, 0.717) is 23.9 Å². The first-order valence-electron chi connectivity index (χ1n) is 7.97. The second kappa shape index (κ2) is 7.92. The highest BCUT2D eigenvalue weighted by Crippen LogP contribution is 2.34. The van der Waals surface area contributed by atoms with Crippen LogP contribution in [0.15, 0.2) is 57.7 Å². The Bertz CT molecular complexity index is 1190. The molecule has 1 amide bonds. The molecule has 1 aliphatic rings. The summed E-state index contributed by atoms with van der Waals surface area (Å²) in [4.78, 5) is 12.1. The highest BCUT2D eigenvalue weighted by molar-refractivity contribution is 8.18. The molecule has 0 aliphatic carbocycles. The molecular formula is C17H12BF2NO5S3. The van der Waals surface area contributed by atoms with Crippen molar-refractivity contribution < 1.29 is 30.4 Å². The third-order valence-corrected chi connectivity index (χ3v) is 9.28. The van der Waals surface area contributed by atoms with Crippen LogP contribution < -0.4 is 10.2 Å². The van der Waals surface area contributed by atoms with Gasteiger partial charge in [0.15, 0.2) is 9.84 Å². The first kappa shape index (κ1) is 21.5. The predicted molar refractivity (Wildman–Crippen MR) is 106 cm³/mol. The van der Waals surface area contributed by atoms with Crippen molar-refractivity contribution >= 4 is 50.8 Å². The Morgan fingerprint density at radius 3 is 2.24 bits per heavy atom. The molecule has 0 saturated heterocycles. The number of halogens is 2. The summed E-state index contributed by atoms with van der Waals surface area (Å²) in [5, 5.41) is -1.14. The summed E-state index contributed by atoms with van der Waals surface area (Å²) in [5.74, 6) is -4.27. The van der Waals surface area contributed by atoms with Crippen LogP contribution in [-0.4, -0.2) is 41.6 Å². The van der Waals surface area contributed by atoms with Crippen LogP contribution in [0.4, 0.5) is 8.78 Å². The fraction of sp³-hybridized carbons (Fsp3) is 0.118. The minimum Gasteiger partial charge on any atom is -0.268 e. The van der Waals surface area contributed by atoms with Crippen molar-refractivity contribution in [3.8, 4) is 0 Å². The molecule has 12 heteroatoms. The maximum Gasteiger partial charge on any atom is 0.270 e. The normalized spacial score (nSPS) is 17.0. The Labute approximate surface area is 171 Å². The van der Waals surface area contributed by atoms with E-state index in [4.69, 9.17) is 7.85 Å². The Kier molecular flexibility index (Phi) is 5.88. The number of hydrogen-bond donors (Lipinski definition) is 1. The predicted octanol–water partition coefficient (Wildman–Crippen LogP) is 1.25. The number of benzene rings is 2. The van der Waals surface area contributed by atoms with Crippen LogP contribution in [-0.2, 0) is 19.9 Å². The molecule has 1 N–H and O–H groups in total. The number of carbonyl (C=O) groups excluding carboxylic acids is 1. The molecule has 1 atom stereocenters. The highest BCUT2D eigenvalue weighted by Gasteiger charge is 2.36. The molecule has 0 saturated carbocycles. The van der Waals surface area contributed by atoms with E-state index in [9.17, 15) is 30.4 Å². The summed E-state index contributed by atoms with van der Waals surface area (Å²) >= 11 is 0.699. The summed E-state index contributed by atoms with van der Waals surface area (Å²) in [7, 11) is -3.11. The highest BCUT2D eigenvalue weighted by atomic mass is 32.3. The minimum absolute atomic E-state index is 0.0237. The topological polar surface area (TPSA) is 97.4 Å². The average molecular weight is 455 g/mol. The summed E-state index contributed by atoms with van der Waals surface area (Å²) in [5.41, 5.74) is -1.39. The fourth-order valence-electron chi connectivity index (χ4n) is 2.58. The Hall–Kier alpha value is -2.18. The molecule has 150 valence electrons. The van der Waals surface area contributed by atoms with E-state index < -0.39 is 52.5 Å². The van der Waals surface area contributed by atoms with Crippen molar-refractivity contribution in [1.29, 1.82) is 0 Å². The van der Waals surface area contributed by atoms with Crippen LogP contribution in [0, 0.1) is 11.6 Å². The zero-order valence-corrected chi connectivity index (χ0v) is 17.0. The minimum atomic E-state index is -4.53. The molecule has 0 aromatic heterocycles. The van der Waals surface area contributed by atoms with Gasteiger partial charge in [-0.15, -0.1) is 11.8 Å². The quantitative estimate of drug-likeness (QED) is 0.682. The molecule has 0 bridgehead atoms. The average Bonchev–Trinajstić information content (AvgIpc) is 3.13. The molecule has 1 aliphatic heterocycles. The third-order valence-electron chi connectivity index (χ3n) is 3.97. The van der Waals surface area contributed by atoms with Gasteiger partial charge in [0, 0.05) is 5.75 Å². The van der Waals surface area contributed by atoms with Gasteiger partial charge in [0.2, 0.25) is 0 Å². The van der Waals surface area contributed by atoms with Crippen LogP contribution in [0.5, 0.6) is 0 Å². The fourth-order valence-corrected chi connectivity index (χ4v) is 7.30. The second-order valence-electron chi connectivity index (χ2n) is 5.99. The molecule has 1 heterocycles. The summed E-state index contributed by atoms with van der Waals surface area (Å²) in [6, 6.07) is 8.83. The molecule has 1 unspecified atom stereocenters. The number of thioether (sulfide) groups is 1. The maximum atomic E-state index is 13.8. The standard InChI is InChI=1S/C17H12BF2NO5S3/c18-10-6-13(19)16(14(20)7-10)17(22)21-29(25,26)15-8-12(9-27-15)28(23,24)11-4-2-1-3-5-11/h1-8,12H,9H2,(H,21,22). The van der Waals surface area contributed by atoms with E-state index in [1.807, 2.05) is 0 Å². The largest absolute Gasteiger partial charge is 0.270 e. The Morgan fingerprint density at radius 1 is 1.07 bits per heavy atom. The molecule has 2 radical (unpaired) electrons. The number of amides is 1. The first-order chi connectivity index (χ1) is 13.5. The van der Waals surface area contributed by atoms with Crippen LogP contribution in [0.2, 0.25) is 0 Å². The van der Waals surface area contributed by atoms with Gasteiger partial charge in [-0.1, -0.05) is 23.7 Å². The number of rotatable bonds is 5. The van der Waals surface area contributed by atoms with Gasteiger partial charge < -0.3 is 0 Å². The van der Waals surface area contributed by atoms with Crippen LogP contribution >= 0.6 is 11.8 Å². The zero-order valence-electron chi connectivity index (χ0n) is 14.5. The summed E-state index contributed by atoms with van der Waals surface area (Å²) in [6.45, 7) is 0. The van der Waals surface area contributed by atoms with Crippen molar-refractivity contribution in [3.63, 3.8) is 0 Å². The lowest BCUT2D eigenvalue weighted by atomic mass is 9.94. The number of sulfonamides is 1. The maximum absolute atomic E-state index is 13.8. The van der Waals surface area contributed by atoms with E-state index in [2.05, 4.69) is 0 Å². The molecule has 0 spiro atoms. The van der Waals surface area contributed by atoms with Crippen molar-refractivity contribution in [3.05, 3.63) is 70.0 Å². The monoisotopic (exact) mass is 455 g/mol. The second-order valence-corrected chi connectivity index (χ2v) is 11.1. The molecule has 0 fully saturated rings. The molecular weight excluding hydrogens is 443 g/mol. The van der Waals surface area contributed by atoms with Gasteiger partial charge in [-0.05, 0) is 30.3 Å². The lowest BCUT2D eigenvalue weighted by Gasteiger charge is -2.09. The van der Waals surface area contributed by atoms with Crippen molar-refractivity contribution in [2.24, 2.45) is 0 Å². The summed E-state index contributed by atoms with van der Waals surface area (Å²) < 4.78 is 78.9. The van der Waals surface area contributed by atoms with Gasteiger partial charge in [0.1, 0.15) is 29.3 Å². The lowest BCUT2D eigenvalue weighted by Crippen LogP contribution is -2.32. The van der Waals surface area contributed by atoms with E-state index in [0.717, 1.165) is 6.08 Å². The van der Waals surface area contributed by atoms with Gasteiger partial charge in [-0.2, -0.15) is 0 Å². The van der Waals surface area contributed by atoms with Crippen molar-refractivity contribution in [2.45, 2.75) is 10.1 Å². The molecule has 2 aromatic carbocycles. The number of nitrogens with one attached hydrogen (secondary N) is 1. The molecule has 3 rings (SSSR count).